The molecular weight excluding hydrogens is 354 g/mol. The number of nitrogens with zero attached hydrogens (tertiary/aromatic N) is 2. The van der Waals surface area contributed by atoms with Gasteiger partial charge in [-0.3, -0.25) is 4.79 Å². The summed E-state index contributed by atoms with van der Waals surface area (Å²) in [4.78, 5) is 12.5. The van der Waals surface area contributed by atoms with Gasteiger partial charge < -0.3 is 9.73 Å². The van der Waals surface area contributed by atoms with Crippen LogP contribution >= 0.6 is 23.1 Å². The molecule has 7 heteroatoms. The monoisotopic (exact) mass is 373 g/mol. The van der Waals surface area contributed by atoms with Crippen molar-refractivity contribution in [3.63, 3.8) is 0 Å². The minimum atomic E-state index is -0.210. The number of aromatic nitrogens is 2. The maximum absolute atomic E-state index is 12.5. The number of carbonyl (C=O) groups is 1. The molecule has 3 aromatic rings. The molecule has 3 rings (SSSR count). The summed E-state index contributed by atoms with van der Waals surface area (Å²) >= 11 is 2.87. The van der Waals surface area contributed by atoms with E-state index < -0.39 is 0 Å². The lowest BCUT2D eigenvalue weighted by molar-refractivity contribution is 0.0994. The number of hydrogen-bond donors (Lipinski definition) is 1. The molecule has 0 amide bonds. The number of anilines is 1. The number of furan rings is 1. The lowest BCUT2D eigenvalue weighted by Crippen LogP contribution is -2.13. The van der Waals surface area contributed by atoms with E-state index >= 15 is 0 Å². The number of nitrogens with one attached hydrogen (secondary N) is 1. The molecule has 130 valence electrons. The van der Waals surface area contributed by atoms with E-state index in [1.165, 1.54) is 28.7 Å². The van der Waals surface area contributed by atoms with Crippen LogP contribution in [-0.4, -0.2) is 21.2 Å². The van der Waals surface area contributed by atoms with E-state index in [9.17, 15) is 4.79 Å². The van der Waals surface area contributed by atoms with Gasteiger partial charge in [0.2, 0.25) is 5.13 Å². The normalized spacial score (nSPS) is 12.1. The van der Waals surface area contributed by atoms with Gasteiger partial charge in [0, 0.05) is 5.56 Å². The topological polar surface area (TPSA) is 68.0 Å². The summed E-state index contributed by atoms with van der Waals surface area (Å²) in [7, 11) is 0. The first-order valence-electron chi connectivity index (χ1n) is 8.05. The van der Waals surface area contributed by atoms with Crippen molar-refractivity contribution >= 4 is 34.0 Å². The summed E-state index contributed by atoms with van der Waals surface area (Å²) in [6, 6.07) is 11.6. The zero-order valence-corrected chi connectivity index (χ0v) is 15.7. The predicted molar refractivity (Wildman–Crippen MR) is 101 cm³/mol. The van der Waals surface area contributed by atoms with Gasteiger partial charge in [0.05, 0.1) is 18.1 Å². The van der Waals surface area contributed by atoms with Gasteiger partial charge in [-0.25, -0.2) is 0 Å². The third-order valence-electron chi connectivity index (χ3n) is 3.69. The maximum atomic E-state index is 12.5. The Morgan fingerprint density at radius 1 is 1.28 bits per heavy atom. The Morgan fingerprint density at radius 3 is 2.76 bits per heavy atom. The van der Waals surface area contributed by atoms with Crippen LogP contribution in [-0.2, 0) is 13.0 Å². The Balaban J connectivity index is 1.56. The highest BCUT2D eigenvalue weighted by atomic mass is 32.2. The van der Waals surface area contributed by atoms with Gasteiger partial charge in [-0.2, -0.15) is 0 Å². The van der Waals surface area contributed by atoms with Crippen molar-refractivity contribution in [2.75, 3.05) is 5.32 Å². The van der Waals surface area contributed by atoms with E-state index in [0.717, 1.165) is 22.1 Å². The fraction of sp³-hybridized carbons (Fsp3) is 0.278. The lowest BCUT2D eigenvalue weighted by atomic mass is 10.1. The number of aryl methyl sites for hydroxylation is 1. The molecule has 5 nitrogen and oxygen atoms in total. The Morgan fingerprint density at radius 2 is 2.08 bits per heavy atom. The van der Waals surface area contributed by atoms with E-state index in [0.29, 0.717) is 11.7 Å². The lowest BCUT2D eigenvalue weighted by Gasteiger charge is -2.08. The average molecular weight is 374 g/mol. The highest BCUT2D eigenvalue weighted by Crippen LogP contribution is 2.30. The molecule has 25 heavy (non-hydrogen) atoms. The fourth-order valence-corrected chi connectivity index (χ4v) is 4.22. The third-order valence-corrected chi connectivity index (χ3v) is 5.76. The molecule has 0 spiro atoms. The molecular formula is C18H19N3O2S2. The van der Waals surface area contributed by atoms with Crippen molar-refractivity contribution in [3.05, 3.63) is 59.5 Å². The fourth-order valence-electron chi connectivity index (χ4n) is 2.25. The number of Topliss-reactive ketones (excluding diaryl/α,β-unsaturated/α-hetero) is 1. The van der Waals surface area contributed by atoms with Crippen LogP contribution in [0.4, 0.5) is 5.13 Å². The molecule has 1 N–H and O–H groups in total. The standard InChI is InChI=1S/C18H19N3O2S2/c1-3-13-6-8-14(9-7-13)16(22)12(2)24-18-21-20-17(25-18)19-11-15-5-4-10-23-15/h4-10,12H,3,11H2,1-2H3,(H,19,20)/t12-/m1/s1. The molecule has 0 saturated carbocycles. The van der Waals surface area contributed by atoms with Crippen molar-refractivity contribution in [3.8, 4) is 0 Å². The Hall–Kier alpha value is -2.12. The smallest absolute Gasteiger partial charge is 0.206 e. The third kappa shape index (κ3) is 4.70. The summed E-state index contributed by atoms with van der Waals surface area (Å²) in [5, 5.41) is 11.9. The molecule has 1 atom stereocenters. The summed E-state index contributed by atoms with van der Waals surface area (Å²) in [5.41, 5.74) is 1.96. The summed E-state index contributed by atoms with van der Waals surface area (Å²) < 4.78 is 6.04. The number of carbonyl (C=O) groups excluding carboxylic acids is 1. The largest absolute Gasteiger partial charge is 0.467 e. The first-order valence-corrected chi connectivity index (χ1v) is 9.75. The second-order valence-corrected chi connectivity index (χ2v) is 8.05. The first-order chi connectivity index (χ1) is 12.2. The minimum Gasteiger partial charge on any atom is -0.467 e. The molecule has 2 heterocycles. The second-order valence-electron chi connectivity index (χ2n) is 5.48. The second kappa shape index (κ2) is 8.31. The zero-order valence-electron chi connectivity index (χ0n) is 14.1. The van der Waals surface area contributed by atoms with Crippen LogP contribution in [0.3, 0.4) is 0 Å². The van der Waals surface area contributed by atoms with E-state index in [4.69, 9.17) is 4.42 Å². The number of ketones is 1. The molecule has 0 bridgehead atoms. The minimum absolute atomic E-state index is 0.105. The van der Waals surface area contributed by atoms with E-state index in [2.05, 4.69) is 22.4 Å². The van der Waals surface area contributed by atoms with Crippen LogP contribution in [0, 0.1) is 0 Å². The average Bonchev–Trinajstić information content (AvgIpc) is 3.31. The van der Waals surface area contributed by atoms with Gasteiger partial charge >= 0.3 is 0 Å². The Labute approximate surface area is 154 Å². The van der Waals surface area contributed by atoms with Crippen molar-refractivity contribution < 1.29 is 9.21 Å². The van der Waals surface area contributed by atoms with Gasteiger partial charge in [-0.1, -0.05) is 54.3 Å². The van der Waals surface area contributed by atoms with Gasteiger partial charge in [-0.15, -0.1) is 10.2 Å². The molecule has 0 saturated heterocycles. The van der Waals surface area contributed by atoms with E-state index in [1.807, 2.05) is 43.3 Å². The van der Waals surface area contributed by atoms with E-state index in [1.54, 1.807) is 6.26 Å². The predicted octanol–water partition coefficient (Wildman–Crippen LogP) is 4.67. The molecule has 1 aromatic carbocycles. The first kappa shape index (κ1) is 17.7. The van der Waals surface area contributed by atoms with Crippen molar-refractivity contribution in [1.82, 2.24) is 10.2 Å². The summed E-state index contributed by atoms with van der Waals surface area (Å²) in [6.45, 7) is 4.56. The number of rotatable bonds is 8. The van der Waals surface area contributed by atoms with Crippen LogP contribution in [0.25, 0.3) is 0 Å². The van der Waals surface area contributed by atoms with Gasteiger partial charge in [0.25, 0.3) is 0 Å². The number of hydrogen-bond acceptors (Lipinski definition) is 7. The molecule has 0 unspecified atom stereocenters. The van der Waals surface area contributed by atoms with Crippen molar-refractivity contribution in [2.45, 2.75) is 36.4 Å². The van der Waals surface area contributed by atoms with Gasteiger partial charge in [0.15, 0.2) is 10.1 Å². The Kier molecular flexibility index (Phi) is 5.88. The summed E-state index contributed by atoms with van der Waals surface area (Å²) in [6.07, 6.45) is 2.61. The number of benzene rings is 1. The molecule has 0 radical (unpaired) electrons. The van der Waals surface area contributed by atoms with Crippen LogP contribution in [0.1, 0.15) is 35.5 Å². The van der Waals surface area contributed by atoms with Crippen LogP contribution in [0.5, 0.6) is 0 Å². The van der Waals surface area contributed by atoms with E-state index in [-0.39, 0.29) is 11.0 Å². The van der Waals surface area contributed by atoms with Crippen molar-refractivity contribution in [1.29, 1.82) is 0 Å². The van der Waals surface area contributed by atoms with Crippen molar-refractivity contribution in [2.24, 2.45) is 0 Å². The quantitative estimate of drug-likeness (QED) is 0.457. The summed E-state index contributed by atoms with van der Waals surface area (Å²) in [5.74, 6) is 0.941. The Bertz CT molecular complexity index is 813. The zero-order chi connectivity index (χ0) is 17.6. The number of thioether (sulfide) groups is 1. The van der Waals surface area contributed by atoms with Crippen LogP contribution in [0.15, 0.2) is 51.4 Å². The highest BCUT2D eigenvalue weighted by molar-refractivity contribution is 8.02. The van der Waals surface area contributed by atoms with Crippen LogP contribution < -0.4 is 5.32 Å². The molecule has 0 fully saturated rings. The molecule has 0 aliphatic rings. The highest BCUT2D eigenvalue weighted by Gasteiger charge is 2.18. The molecule has 2 aromatic heterocycles. The molecule has 0 aliphatic carbocycles. The van der Waals surface area contributed by atoms with Gasteiger partial charge in [-0.05, 0) is 31.0 Å². The molecule has 0 aliphatic heterocycles. The maximum Gasteiger partial charge on any atom is 0.206 e. The van der Waals surface area contributed by atoms with Crippen LogP contribution in [0.2, 0.25) is 0 Å². The van der Waals surface area contributed by atoms with Gasteiger partial charge in [0.1, 0.15) is 5.76 Å². The SMILES string of the molecule is CCc1ccc(C(=O)[C@@H](C)Sc2nnc(NCc3ccco3)s2)cc1.